The van der Waals surface area contributed by atoms with E-state index in [0.717, 1.165) is 11.1 Å². The Morgan fingerprint density at radius 2 is 1.87 bits per heavy atom. The topological polar surface area (TPSA) is 78.9 Å². The van der Waals surface area contributed by atoms with Gasteiger partial charge in [-0.15, -0.1) is 0 Å². The van der Waals surface area contributed by atoms with Crippen LogP contribution in [0.1, 0.15) is 25.3 Å². The van der Waals surface area contributed by atoms with Crippen molar-refractivity contribution in [3.63, 3.8) is 0 Å². The van der Waals surface area contributed by atoms with Crippen molar-refractivity contribution in [2.75, 3.05) is 0 Å². The number of ether oxygens (including phenoxy) is 3. The highest BCUT2D eigenvalue weighted by Gasteiger charge is 2.46. The average molecular weight is 441 g/mol. The number of hydrogen-bond acceptors (Lipinski definition) is 6. The zero-order chi connectivity index (χ0) is 22.1. The molecule has 31 heavy (non-hydrogen) atoms. The highest BCUT2D eigenvalue weighted by Crippen LogP contribution is 2.38. The van der Waals surface area contributed by atoms with Gasteiger partial charge < -0.3 is 14.2 Å². The third-order valence-corrected chi connectivity index (χ3v) is 5.76. The van der Waals surface area contributed by atoms with E-state index in [1.54, 1.807) is 42.5 Å². The van der Waals surface area contributed by atoms with Gasteiger partial charge in [0.2, 0.25) is 0 Å². The molecule has 2 unspecified atom stereocenters. The van der Waals surface area contributed by atoms with Crippen molar-refractivity contribution in [3.8, 4) is 0 Å². The summed E-state index contributed by atoms with van der Waals surface area (Å²) in [6, 6.07) is 7.01. The molecule has 0 radical (unpaired) electrons. The van der Waals surface area contributed by atoms with Crippen LogP contribution in [-0.4, -0.2) is 36.2 Å². The minimum Gasteiger partial charge on any atom is -0.458 e. The van der Waals surface area contributed by atoms with Crippen LogP contribution >= 0.6 is 11.6 Å². The van der Waals surface area contributed by atoms with Crippen LogP contribution < -0.4 is 0 Å². The molecule has 1 aromatic rings. The summed E-state index contributed by atoms with van der Waals surface area (Å²) in [6.07, 6.45) is 5.34. The summed E-state index contributed by atoms with van der Waals surface area (Å²) in [6.45, 7) is 5.71. The van der Waals surface area contributed by atoms with Gasteiger partial charge in [0.15, 0.2) is 0 Å². The van der Waals surface area contributed by atoms with E-state index >= 15 is 0 Å². The number of benzene rings is 1. The first-order valence-corrected chi connectivity index (χ1v) is 10.3. The molecule has 0 spiro atoms. The number of rotatable bonds is 3. The normalized spacial score (nSPS) is 29.5. The van der Waals surface area contributed by atoms with E-state index in [4.69, 9.17) is 25.8 Å². The van der Waals surface area contributed by atoms with Crippen molar-refractivity contribution < 1.29 is 28.6 Å². The number of carbonyl (C=O) groups is 3. The fourth-order valence-electron chi connectivity index (χ4n) is 4.02. The fraction of sp³-hybridized carbons (Fsp3) is 0.292. The van der Waals surface area contributed by atoms with Gasteiger partial charge in [0.25, 0.3) is 0 Å². The molecule has 0 amide bonds. The lowest BCUT2D eigenvalue weighted by molar-refractivity contribution is -0.145. The first kappa shape index (κ1) is 21.1. The molecular weight excluding hydrogens is 420 g/mol. The molecule has 3 aliphatic rings. The lowest BCUT2D eigenvalue weighted by Crippen LogP contribution is -2.32. The van der Waals surface area contributed by atoms with Crippen molar-refractivity contribution in [1.82, 2.24) is 0 Å². The summed E-state index contributed by atoms with van der Waals surface area (Å²) in [5.74, 6) is -2.13. The fourth-order valence-corrected chi connectivity index (χ4v) is 4.15. The number of esters is 3. The number of halogens is 1. The predicted octanol–water partition coefficient (Wildman–Crippen LogP) is 3.95. The molecule has 4 rings (SSSR count). The molecule has 1 aromatic carbocycles. The average Bonchev–Trinajstić information content (AvgIpc) is 3.18. The van der Waals surface area contributed by atoms with Gasteiger partial charge in [-0.2, -0.15) is 0 Å². The summed E-state index contributed by atoms with van der Waals surface area (Å²) in [7, 11) is 0. The molecule has 0 saturated carbocycles. The Morgan fingerprint density at radius 3 is 2.61 bits per heavy atom. The second-order valence-corrected chi connectivity index (χ2v) is 8.27. The summed E-state index contributed by atoms with van der Waals surface area (Å²) < 4.78 is 16.6. The monoisotopic (exact) mass is 440 g/mol. The van der Waals surface area contributed by atoms with Gasteiger partial charge in [-0.25, -0.2) is 14.4 Å². The van der Waals surface area contributed by atoms with Crippen molar-refractivity contribution in [2.45, 2.75) is 38.1 Å². The molecule has 0 N–H and O–H groups in total. The molecule has 4 atom stereocenters. The highest BCUT2D eigenvalue weighted by molar-refractivity contribution is 6.30. The Bertz CT molecular complexity index is 1030. The van der Waals surface area contributed by atoms with Crippen LogP contribution in [0.4, 0.5) is 0 Å². The number of fused-ring (bicyclic) bond motifs is 2. The quantitative estimate of drug-likeness (QED) is 0.306. The molecule has 2 aliphatic heterocycles. The standard InChI is InChI=1S/C24H21ClO6/c1-13-9-18-11-16(24(28)29-18)12-20-22(14(2)23(27)31-20)19(10-13)30-21(26)8-5-15-3-6-17(25)7-4-15/h3-8,10-11,18-20,22H,2,9,12H2,1H3/b8-5+,13-10+/t18-,19?,20?,22+/m1/s1. The van der Waals surface area contributed by atoms with Crippen LogP contribution in [0.2, 0.25) is 5.02 Å². The van der Waals surface area contributed by atoms with E-state index in [2.05, 4.69) is 6.58 Å². The third-order valence-electron chi connectivity index (χ3n) is 5.51. The largest absolute Gasteiger partial charge is 0.458 e. The lowest BCUT2D eigenvalue weighted by Gasteiger charge is -2.25. The van der Waals surface area contributed by atoms with Gasteiger partial charge >= 0.3 is 17.9 Å². The van der Waals surface area contributed by atoms with Crippen LogP contribution in [0.25, 0.3) is 6.08 Å². The van der Waals surface area contributed by atoms with Crippen molar-refractivity contribution in [1.29, 1.82) is 0 Å². The van der Waals surface area contributed by atoms with Gasteiger partial charge in [0.05, 0.1) is 5.92 Å². The second kappa shape index (κ2) is 8.55. The van der Waals surface area contributed by atoms with Crippen LogP contribution in [0.15, 0.2) is 65.8 Å². The zero-order valence-corrected chi connectivity index (χ0v) is 17.6. The van der Waals surface area contributed by atoms with E-state index in [1.165, 1.54) is 6.08 Å². The SMILES string of the molecule is C=C1C(=O)OC2CC3=C[C@@H](C/C(C)=C/C(OC(=O)/C=C/c4ccc(Cl)cc4)[C@H]12)OC3=O. The Morgan fingerprint density at radius 1 is 1.13 bits per heavy atom. The Kier molecular flexibility index (Phi) is 5.83. The predicted molar refractivity (Wildman–Crippen MR) is 114 cm³/mol. The van der Waals surface area contributed by atoms with E-state index in [9.17, 15) is 14.4 Å². The molecule has 1 saturated heterocycles. The minimum absolute atomic E-state index is 0.187. The van der Waals surface area contributed by atoms with Crippen LogP contribution in [0, 0.1) is 5.92 Å². The Balaban J connectivity index is 1.59. The van der Waals surface area contributed by atoms with Crippen LogP contribution in [-0.2, 0) is 28.6 Å². The first-order valence-electron chi connectivity index (χ1n) is 9.93. The summed E-state index contributed by atoms with van der Waals surface area (Å²) >= 11 is 5.88. The number of hydrogen-bond donors (Lipinski definition) is 0. The van der Waals surface area contributed by atoms with Gasteiger partial charge in [0, 0.05) is 35.1 Å². The molecular formula is C24H21ClO6. The number of carbonyl (C=O) groups excluding carboxylic acids is 3. The molecule has 2 heterocycles. The second-order valence-electron chi connectivity index (χ2n) is 7.84. The van der Waals surface area contributed by atoms with Gasteiger partial charge in [-0.3, -0.25) is 0 Å². The molecule has 1 aliphatic carbocycles. The van der Waals surface area contributed by atoms with E-state index in [-0.39, 0.29) is 18.1 Å². The summed E-state index contributed by atoms with van der Waals surface area (Å²) in [5, 5.41) is 0.601. The molecule has 7 heteroatoms. The van der Waals surface area contributed by atoms with Crippen LogP contribution in [0.5, 0.6) is 0 Å². The zero-order valence-electron chi connectivity index (χ0n) is 16.9. The van der Waals surface area contributed by atoms with E-state index in [1.807, 2.05) is 6.92 Å². The summed E-state index contributed by atoms with van der Waals surface area (Å²) in [5.41, 5.74) is 2.34. The maximum absolute atomic E-state index is 12.6. The van der Waals surface area contributed by atoms with Gasteiger partial charge in [-0.05, 0) is 42.8 Å². The van der Waals surface area contributed by atoms with Crippen molar-refractivity contribution >= 4 is 35.6 Å². The lowest BCUT2D eigenvalue weighted by atomic mass is 9.85. The van der Waals surface area contributed by atoms with Crippen molar-refractivity contribution in [3.05, 3.63) is 76.4 Å². The molecule has 160 valence electrons. The molecule has 6 nitrogen and oxygen atoms in total. The molecule has 1 fully saturated rings. The molecule has 2 bridgehead atoms. The third kappa shape index (κ3) is 4.64. The Labute approximate surface area is 184 Å². The minimum atomic E-state index is -0.764. The van der Waals surface area contributed by atoms with Gasteiger partial charge in [0.1, 0.15) is 18.3 Å². The maximum atomic E-state index is 12.6. The van der Waals surface area contributed by atoms with E-state index in [0.29, 0.717) is 17.0 Å². The highest BCUT2D eigenvalue weighted by atomic mass is 35.5. The first-order chi connectivity index (χ1) is 14.8. The maximum Gasteiger partial charge on any atom is 0.334 e. The summed E-state index contributed by atoms with van der Waals surface area (Å²) in [4.78, 5) is 37.0. The molecule has 0 aromatic heterocycles. The van der Waals surface area contributed by atoms with E-state index < -0.39 is 36.0 Å². The Hall–Kier alpha value is -3.12. The van der Waals surface area contributed by atoms with Crippen LogP contribution in [0.3, 0.4) is 0 Å². The van der Waals surface area contributed by atoms with Crippen molar-refractivity contribution in [2.24, 2.45) is 5.92 Å². The van der Waals surface area contributed by atoms with Gasteiger partial charge in [-0.1, -0.05) is 35.9 Å². The smallest absolute Gasteiger partial charge is 0.334 e.